The van der Waals surface area contributed by atoms with Crippen molar-refractivity contribution in [3.63, 3.8) is 0 Å². The number of hydrogen-bond acceptors (Lipinski definition) is 2. The number of carbonyl (C=O) groups excluding carboxylic acids is 1. The minimum absolute atomic E-state index is 0.0635. The van der Waals surface area contributed by atoms with Crippen molar-refractivity contribution in [3.05, 3.63) is 95.2 Å². The van der Waals surface area contributed by atoms with Gasteiger partial charge in [-0.05, 0) is 62.2 Å². The van der Waals surface area contributed by atoms with Gasteiger partial charge in [0.25, 0.3) is 5.91 Å². The first-order chi connectivity index (χ1) is 16.1. The summed E-state index contributed by atoms with van der Waals surface area (Å²) in [7, 11) is 0. The molecule has 4 aromatic rings. The molecule has 5 rings (SSSR count). The molecule has 4 nitrogen and oxygen atoms in total. The quantitative estimate of drug-likeness (QED) is 0.335. The van der Waals surface area contributed by atoms with E-state index in [1.54, 1.807) is 0 Å². The molecule has 0 saturated carbocycles. The van der Waals surface area contributed by atoms with Gasteiger partial charge in [-0.3, -0.25) is 4.79 Å². The first-order valence-electron chi connectivity index (χ1n) is 11.5. The van der Waals surface area contributed by atoms with Gasteiger partial charge >= 0.3 is 0 Å². The first kappa shape index (κ1) is 21.1. The summed E-state index contributed by atoms with van der Waals surface area (Å²) < 4.78 is 8.25. The van der Waals surface area contributed by atoms with E-state index in [9.17, 15) is 4.79 Å². The van der Waals surface area contributed by atoms with Crippen LogP contribution in [0.3, 0.4) is 0 Å². The molecule has 1 aliphatic rings. The monoisotopic (exact) mass is 436 g/mol. The zero-order valence-corrected chi connectivity index (χ0v) is 19.3. The number of amides is 1. The third-order valence-corrected chi connectivity index (χ3v) is 6.48. The van der Waals surface area contributed by atoms with Crippen molar-refractivity contribution in [1.29, 1.82) is 0 Å². The van der Waals surface area contributed by atoms with Gasteiger partial charge in [-0.1, -0.05) is 42.5 Å². The molecule has 0 radical (unpaired) electrons. The number of carbonyl (C=O) groups is 1. The molecule has 1 aliphatic heterocycles. The Kier molecular flexibility index (Phi) is 5.51. The molecule has 0 bridgehead atoms. The highest BCUT2D eigenvalue weighted by atomic mass is 16.5. The third-order valence-electron chi connectivity index (χ3n) is 6.48. The standard InChI is InChI=1S/C29H28N2O2/c1-4-31-28-12-8-6-10-25(28)26(29(31)32)18-22-19-30(27-11-7-5-9-24(22)27)15-16-33-23-14-13-20(2)21(3)17-23/h5-14,17-19H,4,15-16H2,1-3H3/b26-18+. The predicted molar refractivity (Wildman–Crippen MR) is 136 cm³/mol. The molecule has 33 heavy (non-hydrogen) atoms. The van der Waals surface area contributed by atoms with E-state index in [4.69, 9.17) is 4.74 Å². The molecule has 166 valence electrons. The number of likely N-dealkylation sites (N-methyl/N-ethyl adjacent to an activating group) is 1. The van der Waals surface area contributed by atoms with Crippen molar-refractivity contribution >= 4 is 34.1 Å². The molecule has 0 unspecified atom stereocenters. The van der Waals surface area contributed by atoms with Crippen LogP contribution in [0.15, 0.2) is 72.9 Å². The van der Waals surface area contributed by atoms with Gasteiger partial charge in [0.1, 0.15) is 12.4 Å². The number of benzene rings is 3. The predicted octanol–water partition coefficient (Wildman–Crippen LogP) is 6.24. The van der Waals surface area contributed by atoms with Crippen molar-refractivity contribution in [2.45, 2.75) is 27.3 Å². The molecular formula is C29H28N2O2. The lowest BCUT2D eigenvalue weighted by molar-refractivity contribution is -0.112. The number of aryl methyl sites for hydroxylation is 2. The fourth-order valence-corrected chi connectivity index (χ4v) is 4.56. The maximum absolute atomic E-state index is 13.2. The number of rotatable bonds is 6. The van der Waals surface area contributed by atoms with E-state index in [0.29, 0.717) is 13.2 Å². The van der Waals surface area contributed by atoms with Crippen molar-refractivity contribution in [2.24, 2.45) is 0 Å². The molecule has 0 aliphatic carbocycles. The van der Waals surface area contributed by atoms with Crippen molar-refractivity contribution in [3.8, 4) is 5.75 Å². The minimum Gasteiger partial charge on any atom is -0.492 e. The Hall–Kier alpha value is -3.79. The van der Waals surface area contributed by atoms with Gasteiger partial charge in [-0.15, -0.1) is 0 Å². The van der Waals surface area contributed by atoms with Crippen LogP contribution in [0, 0.1) is 13.8 Å². The highest BCUT2D eigenvalue weighted by Gasteiger charge is 2.31. The lowest BCUT2D eigenvalue weighted by atomic mass is 10.0. The molecule has 3 aromatic carbocycles. The SMILES string of the molecule is CCN1C(=O)/C(=C/c2cn(CCOc3ccc(C)c(C)c3)c3ccccc23)c2ccccc21. The van der Waals surface area contributed by atoms with E-state index in [1.807, 2.05) is 54.3 Å². The zero-order chi connectivity index (χ0) is 22.9. The molecular weight excluding hydrogens is 408 g/mol. The molecule has 1 amide bonds. The summed E-state index contributed by atoms with van der Waals surface area (Å²) in [5.41, 5.74) is 7.42. The molecule has 0 spiro atoms. The Bertz CT molecular complexity index is 1380. The fourth-order valence-electron chi connectivity index (χ4n) is 4.56. The third kappa shape index (κ3) is 3.82. The molecule has 0 saturated heterocycles. The number of aromatic nitrogens is 1. The van der Waals surface area contributed by atoms with Crippen LogP contribution in [-0.4, -0.2) is 23.6 Å². The van der Waals surface area contributed by atoms with E-state index >= 15 is 0 Å². The van der Waals surface area contributed by atoms with Crippen molar-refractivity contribution < 1.29 is 9.53 Å². The summed E-state index contributed by atoms with van der Waals surface area (Å²) >= 11 is 0. The van der Waals surface area contributed by atoms with E-state index in [2.05, 4.69) is 54.9 Å². The van der Waals surface area contributed by atoms with E-state index in [-0.39, 0.29) is 5.91 Å². The number of ether oxygens (including phenoxy) is 1. The van der Waals surface area contributed by atoms with Gasteiger partial charge in [0.05, 0.1) is 12.2 Å². The second-order valence-electron chi connectivity index (χ2n) is 8.51. The Labute approximate surface area is 194 Å². The van der Waals surface area contributed by atoms with Crippen LogP contribution in [0.25, 0.3) is 22.6 Å². The van der Waals surface area contributed by atoms with Crippen LogP contribution < -0.4 is 9.64 Å². The normalized spacial score (nSPS) is 14.3. The largest absolute Gasteiger partial charge is 0.492 e. The van der Waals surface area contributed by atoms with Crippen LogP contribution >= 0.6 is 0 Å². The lowest BCUT2D eigenvalue weighted by Gasteiger charge is -2.13. The van der Waals surface area contributed by atoms with Crippen molar-refractivity contribution in [2.75, 3.05) is 18.1 Å². The van der Waals surface area contributed by atoms with Gasteiger partial charge in [0, 0.05) is 40.3 Å². The highest BCUT2D eigenvalue weighted by molar-refractivity contribution is 6.36. The van der Waals surface area contributed by atoms with Crippen LogP contribution in [0.5, 0.6) is 5.75 Å². The number of fused-ring (bicyclic) bond motifs is 2. The Morgan fingerprint density at radius 3 is 2.55 bits per heavy atom. The number of anilines is 1. The topological polar surface area (TPSA) is 34.5 Å². The number of hydrogen-bond donors (Lipinski definition) is 0. The molecule has 0 N–H and O–H groups in total. The second-order valence-corrected chi connectivity index (χ2v) is 8.51. The average molecular weight is 437 g/mol. The van der Waals surface area contributed by atoms with Gasteiger partial charge < -0.3 is 14.2 Å². The summed E-state index contributed by atoms with van der Waals surface area (Å²) in [6.07, 6.45) is 4.17. The summed E-state index contributed by atoms with van der Waals surface area (Å²) in [6, 6.07) is 22.6. The summed E-state index contributed by atoms with van der Waals surface area (Å²) in [5.74, 6) is 0.957. The summed E-state index contributed by atoms with van der Waals surface area (Å²) in [5, 5.41) is 1.14. The molecule has 0 atom stereocenters. The van der Waals surface area contributed by atoms with Gasteiger partial charge in [0.15, 0.2) is 0 Å². The molecule has 4 heteroatoms. The number of para-hydroxylation sites is 2. The first-order valence-corrected chi connectivity index (χ1v) is 11.5. The maximum atomic E-state index is 13.2. The fraction of sp³-hybridized carbons (Fsp3) is 0.207. The van der Waals surface area contributed by atoms with Crippen LogP contribution in [0.2, 0.25) is 0 Å². The smallest absolute Gasteiger partial charge is 0.258 e. The Balaban J connectivity index is 1.46. The highest BCUT2D eigenvalue weighted by Crippen LogP contribution is 2.38. The summed E-state index contributed by atoms with van der Waals surface area (Å²) in [4.78, 5) is 15.0. The van der Waals surface area contributed by atoms with Gasteiger partial charge in [-0.25, -0.2) is 0 Å². The molecule has 1 aromatic heterocycles. The maximum Gasteiger partial charge on any atom is 0.258 e. The second kappa shape index (κ2) is 8.62. The van der Waals surface area contributed by atoms with Crippen LogP contribution in [-0.2, 0) is 11.3 Å². The summed E-state index contributed by atoms with van der Waals surface area (Å²) in [6.45, 7) is 8.17. The van der Waals surface area contributed by atoms with Crippen molar-refractivity contribution in [1.82, 2.24) is 4.57 Å². The van der Waals surface area contributed by atoms with E-state index in [1.165, 1.54) is 11.1 Å². The molecule has 0 fully saturated rings. The minimum atomic E-state index is 0.0635. The lowest BCUT2D eigenvalue weighted by Crippen LogP contribution is -2.25. The zero-order valence-electron chi connectivity index (χ0n) is 19.3. The van der Waals surface area contributed by atoms with Gasteiger partial charge in [0.2, 0.25) is 0 Å². The van der Waals surface area contributed by atoms with E-state index in [0.717, 1.165) is 45.6 Å². The van der Waals surface area contributed by atoms with Gasteiger partial charge in [-0.2, -0.15) is 0 Å². The molecule has 2 heterocycles. The van der Waals surface area contributed by atoms with E-state index < -0.39 is 0 Å². The Morgan fingerprint density at radius 1 is 0.939 bits per heavy atom. The van der Waals surface area contributed by atoms with Crippen LogP contribution in [0.4, 0.5) is 5.69 Å². The average Bonchev–Trinajstić information content (AvgIpc) is 3.31. The Morgan fingerprint density at radius 2 is 1.73 bits per heavy atom. The van der Waals surface area contributed by atoms with Crippen LogP contribution in [0.1, 0.15) is 29.2 Å². The number of nitrogens with zero attached hydrogens (tertiary/aromatic N) is 2.